The van der Waals surface area contributed by atoms with Gasteiger partial charge in [0.2, 0.25) is 11.8 Å². The molecule has 0 bridgehead atoms. The number of nitrogens with one attached hydrogen (secondary N) is 2. The van der Waals surface area contributed by atoms with Gasteiger partial charge in [0, 0.05) is 31.3 Å². The largest absolute Gasteiger partial charge is 0.469 e. The Bertz CT molecular complexity index is 656. The van der Waals surface area contributed by atoms with E-state index in [1.807, 2.05) is 0 Å². The van der Waals surface area contributed by atoms with Crippen LogP contribution in [0.15, 0.2) is 24.3 Å². The van der Waals surface area contributed by atoms with Gasteiger partial charge in [-0.15, -0.1) is 0 Å². The Labute approximate surface area is 139 Å². The first kappa shape index (κ1) is 17.5. The summed E-state index contributed by atoms with van der Waals surface area (Å²) in [4.78, 5) is 48.5. The average Bonchev–Trinajstić information content (AvgIpc) is 2.56. The molecule has 1 aliphatic rings. The first-order valence-electron chi connectivity index (χ1n) is 7.45. The Morgan fingerprint density at radius 2 is 1.96 bits per heavy atom. The summed E-state index contributed by atoms with van der Waals surface area (Å²) in [5.74, 6) is -1.50. The number of esters is 1. The molecule has 2 rings (SSSR count). The van der Waals surface area contributed by atoms with Crippen molar-refractivity contribution in [3.8, 4) is 0 Å². The predicted molar refractivity (Wildman–Crippen MR) is 85.2 cm³/mol. The van der Waals surface area contributed by atoms with Crippen LogP contribution in [0.5, 0.6) is 0 Å². The van der Waals surface area contributed by atoms with Crippen LogP contribution < -0.4 is 10.6 Å². The highest BCUT2D eigenvalue weighted by Gasteiger charge is 2.35. The highest BCUT2D eigenvalue weighted by molar-refractivity contribution is 5.99. The molecule has 24 heavy (non-hydrogen) atoms. The highest BCUT2D eigenvalue weighted by Crippen LogP contribution is 2.16. The Kier molecular flexibility index (Phi) is 5.51. The molecule has 0 aromatic heterocycles. The molecule has 3 amide bonds. The molecule has 0 radical (unpaired) electrons. The van der Waals surface area contributed by atoms with Gasteiger partial charge in [-0.05, 0) is 24.3 Å². The fourth-order valence-electron chi connectivity index (χ4n) is 2.47. The molecule has 1 fully saturated rings. The third kappa shape index (κ3) is 4.09. The van der Waals surface area contributed by atoms with Gasteiger partial charge in [-0.2, -0.15) is 0 Å². The molecule has 0 spiro atoms. The van der Waals surface area contributed by atoms with E-state index in [1.54, 1.807) is 24.3 Å². The van der Waals surface area contributed by atoms with E-state index in [4.69, 9.17) is 0 Å². The molecule has 1 aromatic carbocycles. The molecule has 1 unspecified atom stereocenters. The molecule has 0 aliphatic carbocycles. The summed E-state index contributed by atoms with van der Waals surface area (Å²) < 4.78 is 4.59. The number of amides is 3. The number of benzene rings is 1. The maximum atomic E-state index is 12.7. The van der Waals surface area contributed by atoms with Crippen molar-refractivity contribution in [2.24, 2.45) is 0 Å². The first-order chi connectivity index (χ1) is 11.4. The van der Waals surface area contributed by atoms with Gasteiger partial charge < -0.3 is 20.3 Å². The normalized spacial score (nSPS) is 17.0. The minimum atomic E-state index is -0.895. The van der Waals surface area contributed by atoms with Crippen LogP contribution in [0.4, 0.5) is 5.69 Å². The van der Waals surface area contributed by atoms with Gasteiger partial charge in [0.25, 0.3) is 5.91 Å². The fraction of sp³-hybridized carbons (Fsp3) is 0.375. The molecular formula is C16H19N3O5. The van der Waals surface area contributed by atoms with E-state index < -0.39 is 12.0 Å². The zero-order chi connectivity index (χ0) is 17.7. The van der Waals surface area contributed by atoms with Gasteiger partial charge >= 0.3 is 5.97 Å². The zero-order valence-corrected chi connectivity index (χ0v) is 13.5. The number of rotatable bonds is 4. The Morgan fingerprint density at radius 1 is 1.29 bits per heavy atom. The lowest BCUT2D eigenvalue weighted by atomic mass is 10.1. The van der Waals surface area contributed by atoms with E-state index >= 15 is 0 Å². The van der Waals surface area contributed by atoms with E-state index in [9.17, 15) is 19.2 Å². The van der Waals surface area contributed by atoms with Crippen molar-refractivity contribution in [1.82, 2.24) is 10.2 Å². The van der Waals surface area contributed by atoms with Crippen LogP contribution in [0, 0.1) is 0 Å². The van der Waals surface area contributed by atoms with Gasteiger partial charge in [0.1, 0.15) is 6.04 Å². The number of hydrogen-bond acceptors (Lipinski definition) is 5. The van der Waals surface area contributed by atoms with Crippen LogP contribution >= 0.6 is 0 Å². The van der Waals surface area contributed by atoms with Gasteiger partial charge in [-0.3, -0.25) is 19.2 Å². The lowest BCUT2D eigenvalue weighted by Crippen LogP contribution is -2.57. The maximum absolute atomic E-state index is 12.7. The molecule has 1 atom stereocenters. The molecule has 1 saturated heterocycles. The van der Waals surface area contributed by atoms with E-state index in [-0.39, 0.29) is 24.1 Å². The Balaban J connectivity index is 2.17. The number of ether oxygens (including phenoxy) is 1. The first-order valence-corrected chi connectivity index (χ1v) is 7.45. The minimum absolute atomic E-state index is 0.196. The van der Waals surface area contributed by atoms with Gasteiger partial charge in [0.05, 0.1) is 13.5 Å². The monoisotopic (exact) mass is 333 g/mol. The quantitative estimate of drug-likeness (QED) is 0.763. The molecule has 8 heteroatoms. The Morgan fingerprint density at radius 3 is 2.54 bits per heavy atom. The second-order valence-corrected chi connectivity index (χ2v) is 5.34. The third-order valence-electron chi connectivity index (χ3n) is 3.63. The summed E-state index contributed by atoms with van der Waals surface area (Å²) in [6, 6.07) is 5.45. The molecule has 2 N–H and O–H groups in total. The lowest BCUT2D eigenvalue weighted by molar-refractivity contribution is -0.145. The number of carbonyl (C=O) groups is 4. The van der Waals surface area contributed by atoms with Crippen LogP contribution in [0.3, 0.4) is 0 Å². The van der Waals surface area contributed by atoms with Gasteiger partial charge in [-0.25, -0.2) is 0 Å². The van der Waals surface area contributed by atoms with E-state index in [2.05, 4.69) is 15.4 Å². The summed E-state index contributed by atoms with van der Waals surface area (Å²) in [7, 11) is 1.23. The van der Waals surface area contributed by atoms with Crippen molar-refractivity contribution in [2.75, 3.05) is 25.5 Å². The number of anilines is 1. The molecule has 1 aromatic rings. The molecule has 8 nitrogen and oxygen atoms in total. The van der Waals surface area contributed by atoms with Crippen LogP contribution in [-0.2, 0) is 19.1 Å². The summed E-state index contributed by atoms with van der Waals surface area (Å²) in [6.07, 6.45) is -0.196. The number of nitrogens with zero attached hydrogens (tertiary/aromatic N) is 1. The van der Waals surface area contributed by atoms with Crippen molar-refractivity contribution in [3.05, 3.63) is 29.8 Å². The molecule has 0 saturated carbocycles. The standard InChI is InChI=1S/C16H19N3O5/c1-10(20)18-12-5-3-11(4-6-12)16(23)19-8-7-17-15(22)13(19)9-14(21)24-2/h3-6,13H,7-9H2,1-2H3,(H,17,22)(H,18,20). The van der Waals surface area contributed by atoms with Gasteiger partial charge in [-0.1, -0.05) is 0 Å². The number of hydrogen-bond donors (Lipinski definition) is 2. The topological polar surface area (TPSA) is 105 Å². The fourth-order valence-corrected chi connectivity index (χ4v) is 2.47. The summed E-state index contributed by atoms with van der Waals surface area (Å²) >= 11 is 0. The van der Waals surface area contributed by atoms with E-state index in [0.29, 0.717) is 24.3 Å². The molecule has 128 valence electrons. The highest BCUT2D eigenvalue weighted by atomic mass is 16.5. The summed E-state index contributed by atoms with van der Waals surface area (Å²) in [6.45, 7) is 2.02. The Hall–Kier alpha value is -2.90. The van der Waals surface area contributed by atoms with Crippen LogP contribution in [0.1, 0.15) is 23.7 Å². The third-order valence-corrected chi connectivity index (χ3v) is 3.63. The van der Waals surface area contributed by atoms with Crippen LogP contribution in [-0.4, -0.2) is 54.8 Å². The molecule has 1 heterocycles. The minimum Gasteiger partial charge on any atom is -0.469 e. The summed E-state index contributed by atoms with van der Waals surface area (Å²) in [5, 5.41) is 5.25. The second-order valence-electron chi connectivity index (χ2n) is 5.34. The van der Waals surface area contributed by atoms with Crippen LogP contribution in [0.25, 0.3) is 0 Å². The zero-order valence-electron chi connectivity index (χ0n) is 13.5. The van der Waals surface area contributed by atoms with Gasteiger partial charge in [0.15, 0.2) is 0 Å². The van der Waals surface area contributed by atoms with Crippen LogP contribution in [0.2, 0.25) is 0 Å². The second kappa shape index (κ2) is 7.58. The van der Waals surface area contributed by atoms with Crippen molar-refractivity contribution in [3.63, 3.8) is 0 Å². The maximum Gasteiger partial charge on any atom is 0.308 e. The number of methoxy groups -OCH3 is 1. The predicted octanol–water partition coefficient (Wildman–Crippen LogP) is 0.149. The SMILES string of the molecule is COC(=O)CC1C(=O)NCCN1C(=O)c1ccc(NC(C)=O)cc1. The lowest BCUT2D eigenvalue weighted by Gasteiger charge is -2.34. The average molecular weight is 333 g/mol. The van der Waals surface area contributed by atoms with Crippen molar-refractivity contribution >= 4 is 29.4 Å². The van der Waals surface area contributed by atoms with E-state index in [1.165, 1.54) is 18.9 Å². The number of piperazine rings is 1. The van der Waals surface area contributed by atoms with Crippen molar-refractivity contribution < 1.29 is 23.9 Å². The molecule has 1 aliphatic heterocycles. The smallest absolute Gasteiger partial charge is 0.308 e. The molecular weight excluding hydrogens is 314 g/mol. The van der Waals surface area contributed by atoms with Crippen molar-refractivity contribution in [2.45, 2.75) is 19.4 Å². The van der Waals surface area contributed by atoms with E-state index in [0.717, 1.165) is 0 Å². The summed E-state index contributed by atoms with van der Waals surface area (Å²) in [5.41, 5.74) is 0.940. The van der Waals surface area contributed by atoms with Crippen molar-refractivity contribution in [1.29, 1.82) is 0 Å². The number of carbonyl (C=O) groups excluding carboxylic acids is 4.